The molecular formula is C15H12N2O3S2. The lowest BCUT2D eigenvalue weighted by Crippen LogP contribution is -2.12. The number of para-hydroxylation sites is 1. The van der Waals surface area contributed by atoms with Crippen LogP contribution in [0.5, 0.6) is 0 Å². The van der Waals surface area contributed by atoms with Gasteiger partial charge in [-0.15, -0.1) is 0 Å². The predicted molar refractivity (Wildman–Crippen MR) is 87.1 cm³/mol. The SMILES string of the molecule is CS(=O)(=O)c1cccc(C(=O)Nc2nc3ccccc3s2)c1. The monoisotopic (exact) mass is 332 g/mol. The van der Waals surface area contributed by atoms with Crippen molar-refractivity contribution < 1.29 is 13.2 Å². The van der Waals surface area contributed by atoms with E-state index < -0.39 is 9.84 Å². The normalized spacial score (nSPS) is 11.5. The van der Waals surface area contributed by atoms with Crippen molar-refractivity contribution in [1.29, 1.82) is 0 Å². The van der Waals surface area contributed by atoms with E-state index in [1.165, 1.54) is 23.5 Å². The average Bonchev–Trinajstić information content (AvgIpc) is 2.88. The third-order valence-electron chi connectivity index (χ3n) is 3.04. The van der Waals surface area contributed by atoms with Crippen LogP contribution in [0.2, 0.25) is 0 Å². The van der Waals surface area contributed by atoms with E-state index in [1.807, 2.05) is 24.3 Å². The van der Waals surface area contributed by atoms with Gasteiger partial charge in [-0.25, -0.2) is 13.4 Å². The molecule has 0 fully saturated rings. The Labute approximate surface area is 131 Å². The van der Waals surface area contributed by atoms with Gasteiger partial charge in [0.1, 0.15) is 0 Å². The lowest BCUT2D eigenvalue weighted by atomic mass is 10.2. The van der Waals surface area contributed by atoms with Crippen LogP contribution in [0, 0.1) is 0 Å². The van der Waals surface area contributed by atoms with Crippen molar-refractivity contribution in [2.24, 2.45) is 0 Å². The molecule has 0 spiro atoms. The number of fused-ring (bicyclic) bond motifs is 1. The number of nitrogens with zero attached hydrogens (tertiary/aromatic N) is 1. The van der Waals surface area contributed by atoms with Crippen LogP contribution in [-0.4, -0.2) is 25.6 Å². The second kappa shape index (κ2) is 5.51. The zero-order chi connectivity index (χ0) is 15.7. The molecule has 2 aromatic carbocycles. The van der Waals surface area contributed by atoms with Crippen molar-refractivity contribution in [3.63, 3.8) is 0 Å². The van der Waals surface area contributed by atoms with E-state index >= 15 is 0 Å². The number of anilines is 1. The van der Waals surface area contributed by atoms with E-state index in [2.05, 4.69) is 10.3 Å². The van der Waals surface area contributed by atoms with Crippen LogP contribution in [0.15, 0.2) is 53.4 Å². The average molecular weight is 332 g/mol. The molecule has 0 saturated heterocycles. The van der Waals surface area contributed by atoms with E-state index in [1.54, 1.807) is 12.1 Å². The molecule has 1 aromatic heterocycles. The number of sulfone groups is 1. The molecule has 0 radical (unpaired) electrons. The van der Waals surface area contributed by atoms with Gasteiger partial charge in [-0.05, 0) is 30.3 Å². The summed E-state index contributed by atoms with van der Waals surface area (Å²) in [5.74, 6) is -0.385. The van der Waals surface area contributed by atoms with Crippen LogP contribution in [0.4, 0.5) is 5.13 Å². The zero-order valence-electron chi connectivity index (χ0n) is 11.6. The zero-order valence-corrected chi connectivity index (χ0v) is 13.2. The highest BCUT2D eigenvalue weighted by Crippen LogP contribution is 2.25. The second-order valence-corrected chi connectivity index (χ2v) is 7.79. The molecule has 1 amide bonds. The molecule has 3 rings (SSSR count). The van der Waals surface area contributed by atoms with Gasteiger partial charge in [-0.2, -0.15) is 0 Å². The summed E-state index contributed by atoms with van der Waals surface area (Å²) in [6.07, 6.45) is 1.11. The van der Waals surface area contributed by atoms with Crippen molar-refractivity contribution in [3.05, 3.63) is 54.1 Å². The Bertz CT molecular complexity index is 929. The van der Waals surface area contributed by atoms with Crippen LogP contribution in [0.25, 0.3) is 10.2 Å². The number of hydrogen-bond acceptors (Lipinski definition) is 5. The summed E-state index contributed by atoms with van der Waals surface area (Å²) in [7, 11) is -3.35. The van der Waals surface area contributed by atoms with Gasteiger partial charge in [-0.1, -0.05) is 29.5 Å². The lowest BCUT2D eigenvalue weighted by molar-refractivity contribution is 0.102. The van der Waals surface area contributed by atoms with E-state index in [9.17, 15) is 13.2 Å². The number of carbonyl (C=O) groups is 1. The first-order valence-corrected chi connectivity index (χ1v) is 9.11. The number of aromatic nitrogens is 1. The molecule has 0 aliphatic rings. The van der Waals surface area contributed by atoms with Gasteiger partial charge in [0.15, 0.2) is 15.0 Å². The maximum atomic E-state index is 12.2. The third kappa shape index (κ3) is 3.00. The molecule has 112 valence electrons. The fourth-order valence-electron chi connectivity index (χ4n) is 1.96. The first kappa shape index (κ1) is 14.7. The molecule has 5 nitrogen and oxygen atoms in total. The molecule has 0 aliphatic carbocycles. The van der Waals surface area contributed by atoms with Gasteiger partial charge < -0.3 is 0 Å². The summed E-state index contributed by atoms with van der Waals surface area (Å²) in [4.78, 5) is 16.7. The van der Waals surface area contributed by atoms with Crippen LogP contribution < -0.4 is 5.32 Å². The van der Waals surface area contributed by atoms with E-state index in [4.69, 9.17) is 0 Å². The molecule has 0 unspecified atom stereocenters. The number of carbonyl (C=O) groups excluding carboxylic acids is 1. The van der Waals surface area contributed by atoms with E-state index in [0.717, 1.165) is 16.5 Å². The molecular weight excluding hydrogens is 320 g/mol. The molecule has 0 bridgehead atoms. The predicted octanol–water partition coefficient (Wildman–Crippen LogP) is 2.95. The van der Waals surface area contributed by atoms with E-state index in [0.29, 0.717) is 5.13 Å². The van der Waals surface area contributed by atoms with Gasteiger partial charge in [0.25, 0.3) is 5.91 Å². The Morgan fingerprint density at radius 1 is 1.14 bits per heavy atom. The summed E-state index contributed by atoms with van der Waals surface area (Å²) in [5, 5.41) is 3.18. The Morgan fingerprint density at radius 3 is 2.64 bits per heavy atom. The largest absolute Gasteiger partial charge is 0.298 e. The number of hydrogen-bond donors (Lipinski definition) is 1. The lowest BCUT2D eigenvalue weighted by Gasteiger charge is -2.03. The van der Waals surface area contributed by atoms with Gasteiger partial charge in [-0.3, -0.25) is 10.1 Å². The fraction of sp³-hybridized carbons (Fsp3) is 0.0667. The van der Waals surface area contributed by atoms with Crippen LogP contribution in [-0.2, 0) is 9.84 Å². The molecule has 1 heterocycles. The Kier molecular flexibility index (Phi) is 3.67. The summed E-state index contributed by atoms with van der Waals surface area (Å²) in [6.45, 7) is 0. The minimum Gasteiger partial charge on any atom is -0.298 e. The number of rotatable bonds is 3. The highest BCUT2D eigenvalue weighted by molar-refractivity contribution is 7.90. The fourth-order valence-corrected chi connectivity index (χ4v) is 3.49. The molecule has 0 saturated carbocycles. The highest BCUT2D eigenvalue weighted by Gasteiger charge is 2.13. The van der Waals surface area contributed by atoms with Crippen LogP contribution in [0.3, 0.4) is 0 Å². The molecule has 3 aromatic rings. The molecule has 7 heteroatoms. The quantitative estimate of drug-likeness (QED) is 0.800. The molecule has 1 N–H and O–H groups in total. The van der Waals surface area contributed by atoms with Crippen molar-refractivity contribution in [1.82, 2.24) is 4.98 Å². The molecule has 0 atom stereocenters. The maximum absolute atomic E-state index is 12.2. The number of benzene rings is 2. The Morgan fingerprint density at radius 2 is 1.91 bits per heavy atom. The third-order valence-corrected chi connectivity index (χ3v) is 5.10. The van der Waals surface area contributed by atoms with Gasteiger partial charge >= 0.3 is 0 Å². The van der Waals surface area contributed by atoms with Crippen molar-refractivity contribution in [2.75, 3.05) is 11.6 Å². The standard InChI is InChI=1S/C15H12N2O3S2/c1-22(19,20)11-6-4-5-10(9-11)14(18)17-15-16-12-7-2-3-8-13(12)21-15/h2-9H,1H3,(H,16,17,18). The van der Waals surface area contributed by atoms with Crippen molar-refractivity contribution in [2.45, 2.75) is 4.90 Å². The first-order chi connectivity index (χ1) is 10.4. The summed E-state index contributed by atoms with van der Waals surface area (Å²) < 4.78 is 24.1. The maximum Gasteiger partial charge on any atom is 0.257 e. The minimum absolute atomic E-state index is 0.115. The van der Waals surface area contributed by atoms with Crippen molar-refractivity contribution in [3.8, 4) is 0 Å². The Hall–Kier alpha value is -2.25. The number of thiazole rings is 1. The smallest absolute Gasteiger partial charge is 0.257 e. The molecule has 0 aliphatic heterocycles. The van der Waals surface area contributed by atoms with E-state index in [-0.39, 0.29) is 16.4 Å². The molecule has 22 heavy (non-hydrogen) atoms. The van der Waals surface area contributed by atoms with Crippen LogP contribution in [0.1, 0.15) is 10.4 Å². The number of amides is 1. The number of nitrogens with one attached hydrogen (secondary N) is 1. The highest BCUT2D eigenvalue weighted by atomic mass is 32.2. The van der Waals surface area contributed by atoms with Gasteiger partial charge in [0.2, 0.25) is 0 Å². The van der Waals surface area contributed by atoms with Crippen LogP contribution >= 0.6 is 11.3 Å². The summed E-state index contributed by atoms with van der Waals surface area (Å²) in [6, 6.07) is 13.5. The minimum atomic E-state index is -3.35. The second-order valence-electron chi connectivity index (χ2n) is 4.74. The first-order valence-electron chi connectivity index (χ1n) is 6.40. The summed E-state index contributed by atoms with van der Waals surface area (Å²) in [5.41, 5.74) is 1.09. The van der Waals surface area contributed by atoms with Gasteiger partial charge in [0.05, 0.1) is 15.1 Å². The topological polar surface area (TPSA) is 76.1 Å². The summed E-state index contributed by atoms with van der Waals surface area (Å²) >= 11 is 1.37. The Balaban J connectivity index is 1.88. The van der Waals surface area contributed by atoms with Crippen molar-refractivity contribution >= 4 is 42.4 Å². The van der Waals surface area contributed by atoms with Gasteiger partial charge in [0, 0.05) is 11.8 Å².